The quantitative estimate of drug-likeness (QED) is 0.294. The van der Waals surface area contributed by atoms with Gasteiger partial charge in [0.2, 0.25) is 0 Å². The van der Waals surface area contributed by atoms with Gasteiger partial charge in [-0.15, -0.1) is 0 Å². The number of hydrogen-bond donors (Lipinski definition) is 0. The Morgan fingerprint density at radius 1 is 0.400 bits per heavy atom. The fourth-order valence-electron chi connectivity index (χ4n) is 4.16. The normalized spacial score (nSPS) is 10.9. The molecule has 0 saturated carbocycles. The highest BCUT2D eigenvalue weighted by molar-refractivity contribution is 5.99. The summed E-state index contributed by atoms with van der Waals surface area (Å²) in [5.74, 6) is 0. The SMILES string of the molecule is C=C(c1ccc(C(=C)c2cccc3ccccc23)cc1)c1cccc2ccccc12. The van der Waals surface area contributed by atoms with E-state index in [-0.39, 0.29) is 0 Å². The Morgan fingerprint density at radius 3 is 1.20 bits per heavy atom. The molecule has 5 rings (SSSR count). The molecule has 0 aromatic heterocycles. The van der Waals surface area contributed by atoms with Crippen LogP contribution < -0.4 is 0 Å². The molecule has 0 atom stereocenters. The van der Waals surface area contributed by atoms with E-state index in [1.165, 1.54) is 32.7 Å². The predicted molar refractivity (Wildman–Crippen MR) is 131 cm³/mol. The highest BCUT2D eigenvalue weighted by atomic mass is 14.1. The lowest BCUT2D eigenvalue weighted by atomic mass is 9.91. The lowest BCUT2D eigenvalue weighted by molar-refractivity contribution is 1.54. The molecule has 30 heavy (non-hydrogen) atoms. The van der Waals surface area contributed by atoms with Gasteiger partial charge in [-0.2, -0.15) is 0 Å². The predicted octanol–water partition coefficient (Wildman–Crippen LogP) is 8.12. The van der Waals surface area contributed by atoms with Gasteiger partial charge in [0.05, 0.1) is 0 Å². The summed E-state index contributed by atoms with van der Waals surface area (Å²) in [5, 5.41) is 4.93. The molecule has 0 radical (unpaired) electrons. The average Bonchev–Trinajstić information content (AvgIpc) is 2.82. The van der Waals surface area contributed by atoms with Crippen molar-refractivity contribution in [3.05, 3.63) is 145 Å². The molecular weight excluding hydrogens is 360 g/mol. The summed E-state index contributed by atoms with van der Waals surface area (Å²) < 4.78 is 0. The van der Waals surface area contributed by atoms with E-state index >= 15 is 0 Å². The van der Waals surface area contributed by atoms with E-state index < -0.39 is 0 Å². The van der Waals surface area contributed by atoms with Crippen molar-refractivity contribution in [3.63, 3.8) is 0 Å². The van der Waals surface area contributed by atoms with Crippen molar-refractivity contribution < 1.29 is 0 Å². The Bertz CT molecular complexity index is 1280. The first-order valence-corrected chi connectivity index (χ1v) is 10.2. The van der Waals surface area contributed by atoms with Gasteiger partial charge in [-0.3, -0.25) is 0 Å². The summed E-state index contributed by atoms with van der Waals surface area (Å²) >= 11 is 0. The first-order valence-electron chi connectivity index (χ1n) is 10.2. The van der Waals surface area contributed by atoms with Crippen LogP contribution in [0, 0.1) is 0 Å². The van der Waals surface area contributed by atoms with Gasteiger partial charge in [0.1, 0.15) is 0 Å². The summed E-state index contributed by atoms with van der Waals surface area (Å²) in [6.45, 7) is 8.79. The molecule has 0 N–H and O–H groups in total. The fourth-order valence-corrected chi connectivity index (χ4v) is 4.16. The zero-order chi connectivity index (χ0) is 20.5. The van der Waals surface area contributed by atoms with E-state index in [0.717, 1.165) is 22.3 Å². The van der Waals surface area contributed by atoms with Gasteiger partial charge in [-0.25, -0.2) is 0 Å². The third-order valence-electron chi connectivity index (χ3n) is 5.81. The lowest BCUT2D eigenvalue weighted by Crippen LogP contribution is -1.91. The second-order valence-electron chi connectivity index (χ2n) is 7.59. The molecule has 0 saturated heterocycles. The van der Waals surface area contributed by atoms with Crippen LogP contribution in [0.3, 0.4) is 0 Å². The minimum atomic E-state index is 1.04. The zero-order valence-corrected chi connectivity index (χ0v) is 16.8. The first kappa shape index (κ1) is 18.1. The third-order valence-corrected chi connectivity index (χ3v) is 5.81. The highest BCUT2D eigenvalue weighted by Crippen LogP contribution is 2.32. The van der Waals surface area contributed by atoms with Gasteiger partial charge in [0.25, 0.3) is 0 Å². The van der Waals surface area contributed by atoms with Crippen LogP contribution in [0.2, 0.25) is 0 Å². The topological polar surface area (TPSA) is 0 Å². The van der Waals surface area contributed by atoms with Gasteiger partial charge in [0, 0.05) is 0 Å². The van der Waals surface area contributed by atoms with E-state index in [4.69, 9.17) is 0 Å². The maximum Gasteiger partial charge on any atom is -0.0105 e. The van der Waals surface area contributed by atoms with Crippen LogP contribution in [0.25, 0.3) is 32.7 Å². The molecule has 5 aromatic carbocycles. The molecule has 0 heterocycles. The van der Waals surface area contributed by atoms with Crippen LogP contribution in [0.15, 0.2) is 122 Å². The van der Waals surface area contributed by atoms with Crippen LogP contribution in [0.4, 0.5) is 0 Å². The molecule has 0 bridgehead atoms. The number of hydrogen-bond acceptors (Lipinski definition) is 0. The van der Waals surface area contributed by atoms with Gasteiger partial charge in [-0.1, -0.05) is 122 Å². The van der Waals surface area contributed by atoms with Crippen molar-refractivity contribution in [1.82, 2.24) is 0 Å². The van der Waals surface area contributed by atoms with Crippen molar-refractivity contribution in [2.24, 2.45) is 0 Å². The molecule has 0 amide bonds. The number of fused-ring (bicyclic) bond motifs is 2. The third kappa shape index (κ3) is 3.13. The highest BCUT2D eigenvalue weighted by Gasteiger charge is 2.09. The first-order chi connectivity index (χ1) is 14.7. The van der Waals surface area contributed by atoms with Gasteiger partial charge >= 0.3 is 0 Å². The molecule has 0 fully saturated rings. The summed E-state index contributed by atoms with van der Waals surface area (Å²) in [6, 6.07) is 38.3. The standard InChI is InChI=1S/C30H22/c1-21(27-15-7-11-25-9-3-5-13-29(25)27)23-17-19-24(20-18-23)22(2)28-16-8-12-26-10-4-6-14-30(26)28/h3-20H,1-2H2. The van der Waals surface area contributed by atoms with Gasteiger partial charge < -0.3 is 0 Å². The van der Waals surface area contributed by atoms with E-state index in [2.05, 4.69) is 122 Å². The number of benzene rings is 5. The van der Waals surface area contributed by atoms with Crippen molar-refractivity contribution in [2.75, 3.05) is 0 Å². The molecule has 0 aliphatic rings. The lowest BCUT2D eigenvalue weighted by Gasteiger charge is -2.13. The van der Waals surface area contributed by atoms with Crippen molar-refractivity contribution in [3.8, 4) is 0 Å². The van der Waals surface area contributed by atoms with E-state index in [1.807, 2.05) is 0 Å². The molecule has 0 spiro atoms. The average molecular weight is 383 g/mol. The molecule has 142 valence electrons. The minimum Gasteiger partial charge on any atom is -0.0905 e. The van der Waals surface area contributed by atoms with Crippen molar-refractivity contribution in [1.29, 1.82) is 0 Å². The Kier molecular flexibility index (Phi) is 4.53. The molecule has 5 aromatic rings. The second-order valence-corrected chi connectivity index (χ2v) is 7.59. The Hall–Kier alpha value is -3.90. The Labute approximate surface area is 177 Å². The maximum atomic E-state index is 4.40. The van der Waals surface area contributed by atoms with E-state index in [0.29, 0.717) is 0 Å². The largest absolute Gasteiger partial charge is 0.0905 e. The summed E-state index contributed by atoms with van der Waals surface area (Å²) in [5.41, 5.74) is 6.67. The Balaban J connectivity index is 1.49. The van der Waals surface area contributed by atoms with Crippen LogP contribution in [0.5, 0.6) is 0 Å². The summed E-state index contributed by atoms with van der Waals surface area (Å²) in [7, 11) is 0. The Morgan fingerprint density at radius 2 is 0.767 bits per heavy atom. The molecule has 0 aliphatic heterocycles. The van der Waals surface area contributed by atoms with Crippen LogP contribution in [-0.4, -0.2) is 0 Å². The summed E-state index contributed by atoms with van der Waals surface area (Å²) in [6.07, 6.45) is 0. The van der Waals surface area contributed by atoms with Gasteiger partial charge in [0.15, 0.2) is 0 Å². The second kappa shape index (κ2) is 7.50. The van der Waals surface area contributed by atoms with Crippen molar-refractivity contribution in [2.45, 2.75) is 0 Å². The van der Waals surface area contributed by atoms with E-state index in [9.17, 15) is 0 Å². The molecule has 0 aliphatic carbocycles. The zero-order valence-electron chi connectivity index (χ0n) is 16.8. The van der Waals surface area contributed by atoms with Crippen LogP contribution in [0.1, 0.15) is 22.3 Å². The van der Waals surface area contributed by atoms with Gasteiger partial charge in [-0.05, 0) is 54.9 Å². The summed E-state index contributed by atoms with van der Waals surface area (Å²) in [4.78, 5) is 0. The molecule has 0 heteroatoms. The van der Waals surface area contributed by atoms with Crippen LogP contribution >= 0.6 is 0 Å². The number of rotatable bonds is 4. The fraction of sp³-hybridized carbons (Fsp3) is 0. The molecule has 0 nitrogen and oxygen atoms in total. The monoisotopic (exact) mass is 382 g/mol. The van der Waals surface area contributed by atoms with Crippen LogP contribution in [-0.2, 0) is 0 Å². The smallest absolute Gasteiger partial charge is 0.0105 e. The van der Waals surface area contributed by atoms with E-state index in [1.54, 1.807) is 0 Å². The molecular formula is C30H22. The minimum absolute atomic E-state index is 1.04. The van der Waals surface area contributed by atoms with Crippen molar-refractivity contribution >= 4 is 32.7 Å². The maximum absolute atomic E-state index is 4.40. The molecule has 0 unspecified atom stereocenters.